The van der Waals surface area contributed by atoms with Crippen molar-refractivity contribution in [2.45, 2.75) is 31.2 Å². The van der Waals surface area contributed by atoms with Crippen LogP contribution in [0, 0.1) is 10.1 Å². The molecule has 1 aromatic carbocycles. The summed E-state index contributed by atoms with van der Waals surface area (Å²) in [4.78, 5) is 10.6. The molecule has 0 bridgehead atoms. The van der Waals surface area contributed by atoms with Crippen molar-refractivity contribution < 1.29 is 9.66 Å². The number of nitro groups is 1. The van der Waals surface area contributed by atoms with Gasteiger partial charge in [-0.2, -0.15) is 0 Å². The number of hydrogen-bond acceptors (Lipinski definition) is 3. The number of hydrogen-bond donors (Lipinski definition) is 0. The van der Waals surface area contributed by atoms with Gasteiger partial charge in [-0.05, 0) is 24.1 Å². The molecule has 18 heavy (non-hydrogen) atoms. The maximum atomic E-state index is 10.8. The van der Waals surface area contributed by atoms with Crippen molar-refractivity contribution in [3.8, 4) is 5.75 Å². The van der Waals surface area contributed by atoms with Crippen molar-refractivity contribution in [2.24, 2.45) is 0 Å². The lowest BCUT2D eigenvalue weighted by Crippen LogP contribution is -2.26. The van der Waals surface area contributed by atoms with Crippen molar-refractivity contribution >= 4 is 0 Å². The van der Waals surface area contributed by atoms with E-state index in [0.717, 1.165) is 17.7 Å². The molecule has 1 fully saturated rings. The molecule has 1 aliphatic carbocycles. The average molecular weight is 247 g/mol. The second kappa shape index (κ2) is 5.21. The van der Waals surface area contributed by atoms with Crippen molar-refractivity contribution in [3.63, 3.8) is 0 Å². The van der Waals surface area contributed by atoms with Crippen LogP contribution < -0.4 is 4.74 Å². The predicted molar refractivity (Wildman–Crippen MR) is 69.5 cm³/mol. The van der Waals surface area contributed by atoms with Crippen LogP contribution in [-0.2, 0) is 0 Å². The number of methoxy groups -OCH3 is 1. The van der Waals surface area contributed by atoms with Crippen LogP contribution in [0.15, 0.2) is 36.4 Å². The van der Waals surface area contributed by atoms with Gasteiger partial charge in [0.15, 0.2) is 0 Å². The highest BCUT2D eigenvalue weighted by Gasteiger charge is 2.31. The van der Waals surface area contributed by atoms with E-state index in [1.807, 2.05) is 24.3 Å². The number of benzene rings is 1. The first-order valence-electron chi connectivity index (χ1n) is 6.07. The third kappa shape index (κ3) is 2.53. The fourth-order valence-electron chi connectivity index (χ4n) is 2.53. The lowest BCUT2D eigenvalue weighted by atomic mass is 9.78. The van der Waals surface area contributed by atoms with Gasteiger partial charge in [0.1, 0.15) is 5.75 Å². The SMILES string of the molecule is C=C1CC([N+](=O)[O-])CCC1c1ccc(OC)cc1. The van der Waals surface area contributed by atoms with E-state index in [2.05, 4.69) is 6.58 Å². The lowest BCUT2D eigenvalue weighted by molar-refractivity contribution is -0.524. The summed E-state index contributed by atoms with van der Waals surface area (Å²) in [7, 11) is 1.64. The summed E-state index contributed by atoms with van der Waals surface area (Å²) in [6.45, 7) is 4.01. The van der Waals surface area contributed by atoms with Crippen LogP contribution >= 0.6 is 0 Å². The highest BCUT2D eigenvalue weighted by Crippen LogP contribution is 2.37. The standard InChI is InChI=1S/C14H17NO3/c1-10-9-12(15(16)17)5-8-14(10)11-3-6-13(18-2)7-4-11/h3-4,6-7,12,14H,1,5,8-9H2,2H3. The Morgan fingerprint density at radius 1 is 1.33 bits per heavy atom. The summed E-state index contributed by atoms with van der Waals surface area (Å²) in [6, 6.07) is 7.42. The molecule has 1 saturated carbocycles. The van der Waals surface area contributed by atoms with Gasteiger partial charge >= 0.3 is 0 Å². The fourth-order valence-corrected chi connectivity index (χ4v) is 2.53. The van der Waals surface area contributed by atoms with Gasteiger partial charge in [-0.1, -0.05) is 24.3 Å². The van der Waals surface area contributed by atoms with Gasteiger partial charge in [0.2, 0.25) is 6.04 Å². The molecule has 0 aliphatic heterocycles. The van der Waals surface area contributed by atoms with Crippen LogP contribution in [0.5, 0.6) is 5.75 Å². The molecule has 1 aromatic rings. The first kappa shape index (κ1) is 12.6. The van der Waals surface area contributed by atoms with Crippen LogP contribution in [0.3, 0.4) is 0 Å². The third-order valence-electron chi connectivity index (χ3n) is 3.60. The van der Waals surface area contributed by atoms with Crippen molar-refractivity contribution in [1.82, 2.24) is 0 Å². The Morgan fingerprint density at radius 3 is 2.50 bits per heavy atom. The molecule has 96 valence electrons. The quantitative estimate of drug-likeness (QED) is 0.468. The Bertz CT molecular complexity index is 453. The maximum Gasteiger partial charge on any atom is 0.216 e. The van der Waals surface area contributed by atoms with Gasteiger partial charge in [0, 0.05) is 23.7 Å². The summed E-state index contributed by atoms with van der Waals surface area (Å²) in [5.41, 5.74) is 2.13. The largest absolute Gasteiger partial charge is 0.497 e. The highest BCUT2D eigenvalue weighted by atomic mass is 16.6. The Hall–Kier alpha value is -1.84. The Morgan fingerprint density at radius 2 is 2.00 bits per heavy atom. The molecule has 2 unspecified atom stereocenters. The maximum absolute atomic E-state index is 10.8. The van der Waals surface area contributed by atoms with Crippen LogP contribution in [0.2, 0.25) is 0 Å². The van der Waals surface area contributed by atoms with E-state index in [1.165, 1.54) is 5.56 Å². The van der Waals surface area contributed by atoms with Gasteiger partial charge in [0.05, 0.1) is 7.11 Å². The molecule has 2 rings (SSSR count). The van der Waals surface area contributed by atoms with Gasteiger partial charge in [-0.15, -0.1) is 0 Å². The predicted octanol–water partition coefficient (Wildman–Crippen LogP) is 3.16. The zero-order valence-corrected chi connectivity index (χ0v) is 10.5. The second-order valence-corrected chi connectivity index (χ2v) is 4.70. The van der Waals surface area contributed by atoms with E-state index in [1.54, 1.807) is 7.11 Å². The van der Waals surface area contributed by atoms with Gasteiger partial charge in [0.25, 0.3) is 0 Å². The van der Waals surface area contributed by atoms with Gasteiger partial charge in [-0.3, -0.25) is 10.1 Å². The Labute approximate surface area is 106 Å². The van der Waals surface area contributed by atoms with Crippen LogP contribution in [0.25, 0.3) is 0 Å². The number of ether oxygens (including phenoxy) is 1. The molecule has 0 aromatic heterocycles. The van der Waals surface area contributed by atoms with Crippen LogP contribution in [0.4, 0.5) is 0 Å². The molecule has 0 amide bonds. The topological polar surface area (TPSA) is 52.4 Å². The van der Waals surface area contributed by atoms with E-state index in [-0.39, 0.29) is 10.8 Å². The second-order valence-electron chi connectivity index (χ2n) is 4.70. The summed E-state index contributed by atoms with van der Waals surface area (Å²) < 4.78 is 5.12. The molecule has 1 aliphatic rings. The average Bonchev–Trinajstić information content (AvgIpc) is 2.38. The molecule has 0 spiro atoms. The van der Waals surface area contributed by atoms with E-state index < -0.39 is 6.04 Å². The minimum absolute atomic E-state index is 0.185. The minimum Gasteiger partial charge on any atom is -0.497 e. The lowest BCUT2D eigenvalue weighted by Gasteiger charge is -2.26. The number of rotatable bonds is 3. The minimum atomic E-state index is -0.452. The first-order chi connectivity index (χ1) is 8.61. The molecule has 2 atom stereocenters. The molecule has 0 heterocycles. The molecule has 4 heteroatoms. The summed E-state index contributed by atoms with van der Waals surface area (Å²) >= 11 is 0. The Balaban J connectivity index is 2.10. The van der Waals surface area contributed by atoms with Gasteiger partial charge in [-0.25, -0.2) is 0 Å². The van der Waals surface area contributed by atoms with E-state index in [9.17, 15) is 10.1 Å². The van der Waals surface area contributed by atoms with Crippen molar-refractivity contribution in [2.75, 3.05) is 7.11 Å². The van der Waals surface area contributed by atoms with Crippen molar-refractivity contribution in [1.29, 1.82) is 0 Å². The Kier molecular flexibility index (Phi) is 3.65. The zero-order valence-electron chi connectivity index (χ0n) is 10.5. The molecule has 0 radical (unpaired) electrons. The normalized spacial score (nSPS) is 23.7. The molecule has 0 saturated heterocycles. The van der Waals surface area contributed by atoms with Crippen molar-refractivity contribution in [3.05, 3.63) is 52.1 Å². The molecule has 4 nitrogen and oxygen atoms in total. The summed E-state index contributed by atoms with van der Waals surface area (Å²) in [6.07, 6.45) is 1.92. The third-order valence-corrected chi connectivity index (χ3v) is 3.60. The molecule has 0 N–H and O–H groups in total. The van der Waals surface area contributed by atoms with E-state index in [0.29, 0.717) is 12.8 Å². The van der Waals surface area contributed by atoms with Crippen LogP contribution in [0.1, 0.15) is 30.7 Å². The van der Waals surface area contributed by atoms with Crippen LogP contribution in [-0.4, -0.2) is 18.1 Å². The highest BCUT2D eigenvalue weighted by molar-refractivity contribution is 5.34. The first-order valence-corrected chi connectivity index (χ1v) is 6.07. The fraction of sp³-hybridized carbons (Fsp3) is 0.429. The smallest absolute Gasteiger partial charge is 0.216 e. The van der Waals surface area contributed by atoms with Gasteiger partial charge < -0.3 is 4.74 Å². The van der Waals surface area contributed by atoms with E-state index in [4.69, 9.17) is 4.74 Å². The molecular weight excluding hydrogens is 230 g/mol. The summed E-state index contributed by atoms with van der Waals surface area (Å²) in [5, 5.41) is 10.8. The summed E-state index contributed by atoms with van der Waals surface area (Å²) in [5.74, 6) is 1.07. The monoisotopic (exact) mass is 247 g/mol. The zero-order chi connectivity index (χ0) is 13.1. The van der Waals surface area contributed by atoms with E-state index >= 15 is 0 Å². The molecular formula is C14H17NO3. The number of nitrogens with zero attached hydrogens (tertiary/aromatic N) is 1.